The van der Waals surface area contributed by atoms with Gasteiger partial charge in [-0.15, -0.1) is 0 Å². The lowest BCUT2D eigenvalue weighted by Crippen LogP contribution is -2.32. The second kappa shape index (κ2) is 6.51. The third-order valence-corrected chi connectivity index (χ3v) is 1.12. The molecule has 2 atom stereocenters. The summed E-state index contributed by atoms with van der Waals surface area (Å²) in [4.78, 5) is 0. The van der Waals surface area contributed by atoms with Crippen molar-refractivity contribution in [1.29, 1.82) is 0 Å². The van der Waals surface area contributed by atoms with Crippen LogP contribution in [0.25, 0.3) is 0 Å². The van der Waals surface area contributed by atoms with Gasteiger partial charge in [-0.2, -0.15) is 5.32 Å². The summed E-state index contributed by atoms with van der Waals surface area (Å²) in [5.74, 6) is 0. The molecule has 0 aromatic rings. The van der Waals surface area contributed by atoms with Gasteiger partial charge in [0.25, 0.3) is 0 Å². The van der Waals surface area contributed by atoms with Crippen LogP contribution in [0.1, 0.15) is 12.8 Å². The van der Waals surface area contributed by atoms with Gasteiger partial charge in [0.2, 0.25) is 0 Å². The van der Waals surface area contributed by atoms with Crippen LogP contribution in [0.15, 0.2) is 0 Å². The number of aliphatic hydroxyl groups excluding tert-OH is 4. The first-order chi connectivity index (χ1) is 5.20. The van der Waals surface area contributed by atoms with Crippen LogP contribution < -0.4 is 5.32 Å². The normalized spacial score (nSPS) is 16.4. The van der Waals surface area contributed by atoms with Gasteiger partial charge in [-0.3, -0.25) is 0 Å². The summed E-state index contributed by atoms with van der Waals surface area (Å²) < 4.78 is 0. The highest BCUT2D eigenvalue weighted by Crippen LogP contribution is 1.93. The molecule has 0 aliphatic heterocycles. The number of rotatable bonds is 6. The maximum Gasteiger partial charge on any atom is 0.125 e. The molecule has 11 heavy (non-hydrogen) atoms. The predicted octanol–water partition coefficient (Wildman–Crippen LogP) is -2.01. The van der Waals surface area contributed by atoms with Crippen molar-refractivity contribution in [3.8, 4) is 0 Å². The number of hydrogen-bond donors (Lipinski definition) is 4. The highest BCUT2D eigenvalue weighted by molar-refractivity contribution is 4.55. The fourth-order valence-electron chi connectivity index (χ4n) is 0.579. The maximum absolute atomic E-state index is 8.88. The van der Waals surface area contributed by atoms with Crippen molar-refractivity contribution in [2.75, 3.05) is 13.2 Å². The minimum atomic E-state index is -1.04. The van der Waals surface area contributed by atoms with E-state index in [4.69, 9.17) is 20.4 Å². The van der Waals surface area contributed by atoms with E-state index >= 15 is 0 Å². The molecule has 0 bridgehead atoms. The first-order valence-electron chi connectivity index (χ1n) is 3.48. The Balaban J connectivity index is 3.32. The minimum absolute atomic E-state index is 0.114. The quantitative estimate of drug-likeness (QED) is 0.365. The zero-order valence-corrected chi connectivity index (χ0v) is 6.22. The highest BCUT2D eigenvalue weighted by atomic mass is 16.3. The number of nitrogens with zero attached hydrogens (tertiary/aromatic N) is 1. The Morgan fingerprint density at radius 1 is 0.909 bits per heavy atom. The van der Waals surface area contributed by atoms with Gasteiger partial charge in [0, 0.05) is 26.1 Å². The summed E-state index contributed by atoms with van der Waals surface area (Å²) in [5, 5.41) is 37.9. The van der Waals surface area contributed by atoms with Crippen LogP contribution in [0.3, 0.4) is 0 Å². The molecule has 0 aromatic carbocycles. The Kier molecular flexibility index (Phi) is 6.39. The maximum atomic E-state index is 8.88. The molecule has 0 spiro atoms. The first-order valence-corrected chi connectivity index (χ1v) is 3.48. The minimum Gasteiger partial charge on any atom is -0.396 e. The van der Waals surface area contributed by atoms with Crippen LogP contribution in [-0.4, -0.2) is 46.1 Å². The molecule has 0 aliphatic rings. The molecule has 67 valence electrons. The fourth-order valence-corrected chi connectivity index (χ4v) is 0.579. The van der Waals surface area contributed by atoms with E-state index in [2.05, 4.69) is 5.32 Å². The molecule has 5 nitrogen and oxygen atoms in total. The SMILES string of the molecule is OCCC(O)[N]C(O)CCO. The molecule has 0 heterocycles. The van der Waals surface area contributed by atoms with Gasteiger partial charge in [-0.05, 0) is 0 Å². The van der Waals surface area contributed by atoms with E-state index in [1.54, 1.807) is 0 Å². The van der Waals surface area contributed by atoms with Crippen LogP contribution in [0, 0.1) is 0 Å². The van der Waals surface area contributed by atoms with Gasteiger partial charge in [-0.1, -0.05) is 0 Å². The second-order valence-corrected chi connectivity index (χ2v) is 2.13. The monoisotopic (exact) mass is 164 g/mol. The van der Waals surface area contributed by atoms with Crippen molar-refractivity contribution in [2.45, 2.75) is 25.3 Å². The van der Waals surface area contributed by atoms with Gasteiger partial charge < -0.3 is 20.4 Å². The summed E-state index contributed by atoms with van der Waals surface area (Å²) in [7, 11) is 0. The van der Waals surface area contributed by atoms with E-state index in [9.17, 15) is 0 Å². The Labute approximate surface area is 65.3 Å². The Hall–Kier alpha value is -0.200. The summed E-state index contributed by atoms with van der Waals surface area (Å²) in [5.41, 5.74) is 0. The lowest BCUT2D eigenvalue weighted by atomic mass is 10.3. The summed E-state index contributed by atoms with van der Waals surface area (Å²) >= 11 is 0. The Morgan fingerprint density at radius 3 is 1.55 bits per heavy atom. The van der Waals surface area contributed by atoms with Gasteiger partial charge in [0.05, 0.1) is 0 Å². The fraction of sp³-hybridized carbons (Fsp3) is 1.00. The summed E-state index contributed by atoms with van der Waals surface area (Å²) in [6, 6.07) is 0. The molecule has 1 radical (unpaired) electrons. The molecule has 2 unspecified atom stereocenters. The molecule has 5 heteroatoms. The van der Waals surface area contributed by atoms with E-state index in [0.29, 0.717) is 0 Å². The van der Waals surface area contributed by atoms with Crippen molar-refractivity contribution < 1.29 is 20.4 Å². The smallest absolute Gasteiger partial charge is 0.125 e. The van der Waals surface area contributed by atoms with Crippen molar-refractivity contribution in [2.24, 2.45) is 0 Å². The molecule has 0 aromatic heterocycles. The van der Waals surface area contributed by atoms with Crippen LogP contribution in [-0.2, 0) is 0 Å². The Morgan fingerprint density at radius 2 is 1.27 bits per heavy atom. The molecular formula is C6H14NO4. The third kappa shape index (κ3) is 6.21. The zero-order valence-electron chi connectivity index (χ0n) is 6.22. The van der Waals surface area contributed by atoms with Gasteiger partial charge in [0.15, 0.2) is 0 Å². The molecule has 0 saturated heterocycles. The average Bonchev–Trinajstić information content (AvgIpc) is 1.87. The second-order valence-electron chi connectivity index (χ2n) is 2.13. The van der Waals surface area contributed by atoms with Crippen LogP contribution in [0.4, 0.5) is 0 Å². The summed E-state index contributed by atoms with van der Waals surface area (Å²) in [6.07, 6.45) is -1.85. The largest absolute Gasteiger partial charge is 0.396 e. The predicted molar refractivity (Wildman–Crippen MR) is 37.6 cm³/mol. The molecular weight excluding hydrogens is 150 g/mol. The zero-order chi connectivity index (χ0) is 8.69. The van der Waals surface area contributed by atoms with Crippen LogP contribution in [0.5, 0.6) is 0 Å². The molecule has 0 amide bonds. The number of hydrogen-bond acceptors (Lipinski definition) is 4. The van der Waals surface area contributed by atoms with Crippen molar-refractivity contribution >= 4 is 0 Å². The first kappa shape index (κ1) is 10.8. The van der Waals surface area contributed by atoms with E-state index < -0.39 is 12.5 Å². The van der Waals surface area contributed by atoms with Gasteiger partial charge in [0.1, 0.15) is 12.5 Å². The summed E-state index contributed by atoms with van der Waals surface area (Å²) in [6.45, 7) is -0.340. The van der Waals surface area contributed by atoms with Crippen molar-refractivity contribution in [1.82, 2.24) is 5.32 Å². The van der Waals surface area contributed by atoms with Crippen molar-refractivity contribution in [3.05, 3.63) is 0 Å². The van der Waals surface area contributed by atoms with E-state index in [1.165, 1.54) is 0 Å². The topological polar surface area (TPSA) is 95.0 Å². The van der Waals surface area contributed by atoms with Gasteiger partial charge >= 0.3 is 0 Å². The average molecular weight is 164 g/mol. The standard InChI is InChI=1S/C6H14NO4/c8-3-1-5(10)7-6(11)2-4-9/h5-6,8-11H,1-4H2. The highest BCUT2D eigenvalue weighted by Gasteiger charge is 2.10. The molecule has 0 saturated carbocycles. The molecule has 0 fully saturated rings. The number of aliphatic hydroxyl groups is 4. The van der Waals surface area contributed by atoms with E-state index in [1.807, 2.05) is 0 Å². The van der Waals surface area contributed by atoms with Crippen molar-refractivity contribution in [3.63, 3.8) is 0 Å². The van der Waals surface area contributed by atoms with Crippen LogP contribution in [0.2, 0.25) is 0 Å². The third-order valence-electron chi connectivity index (χ3n) is 1.12. The van der Waals surface area contributed by atoms with E-state index in [-0.39, 0.29) is 26.1 Å². The lowest BCUT2D eigenvalue weighted by Gasteiger charge is -2.13. The van der Waals surface area contributed by atoms with E-state index in [0.717, 1.165) is 0 Å². The molecule has 0 aliphatic carbocycles. The van der Waals surface area contributed by atoms with Crippen LogP contribution >= 0.6 is 0 Å². The molecule has 0 rings (SSSR count). The van der Waals surface area contributed by atoms with Gasteiger partial charge in [-0.25, -0.2) is 0 Å². The Bertz CT molecular complexity index is 80.7. The lowest BCUT2D eigenvalue weighted by molar-refractivity contribution is 0.0131. The molecule has 4 N–H and O–H groups in total.